The Bertz CT molecular complexity index is 961. The first kappa shape index (κ1) is 20.7. The molecule has 2 N–H and O–H groups in total. The summed E-state index contributed by atoms with van der Waals surface area (Å²) in [7, 11) is 1.43. The van der Waals surface area contributed by atoms with Crippen LogP contribution >= 0.6 is 0 Å². The number of rotatable bonds is 5. The molecule has 6 heteroatoms. The number of hydrogen-bond acceptors (Lipinski definition) is 6. The Balaban J connectivity index is 2.18. The summed E-state index contributed by atoms with van der Waals surface area (Å²) in [6, 6.07) is 4.83. The molecule has 29 heavy (non-hydrogen) atoms. The fourth-order valence-electron chi connectivity index (χ4n) is 3.64. The number of methoxy groups -OCH3 is 1. The van der Waals surface area contributed by atoms with E-state index in [0.29, 0.717) is 17.5 Å². The molecule has 154 valence electrons. The Kier molecular flexibility index (Phi) is 5.84. The van der Waals surface area contributed by atoms with Crippen molar-refractivity contribution in [2.75, 3.05) is 7.11 Å². The number of aliphatic hydroxyl groups excluding tert-OH is 1. The van der Waals surface area contributed by atoms with Gasteiger partial charge in [0.2, 0.25) is 0 Å². The molecule has 6 nitrogen and oxygen atoms in total. The van der Waals surface area contributed by atoms with Crippen molar-refractivity contribution in [2.45, 2.75) is 39.9 Å². The molecule has 0 saturated carbocycles. The molecule has 0 spiro atoms. The van der Waals surface area contributed by atoms with E-state index in [0.717, 1.165) is 11.1 Å². The lowest BCUT2D eigenvalue weighted by Gasteiger charge is -2.24. The second-order valence-electron chi connectivity index (χ2n) is 7.52. The number of benzene rings is 2. The van der Waals surface area contributed by atoms with E-state index in [4.69, 9.17) is 14.2 Å². The number of esters is 1. The van der Waals surface area contributed by atoms with Crippen LogP contribution in [0.5, 0.6) is 23.0 Å². The molecule has 0 aromatic heterocycles. The van der Waals surface area contributed by atoms with Gasteiger partial charge in [-0.15, -0.1) is 0 Å². The summed E-state index contributed by atoms with van der Waals surface area (Å²) in [5, 5.41) is 21.1. The van der Waals surface area contributed by atoms with E-state index in [2.05, 4.69) is 6.58 Å². The fourth-order valence-corrected chi connectivity index (χ4v) is 3.64. The SMILES string of the molecule is C=Cc1c(C)cc(O)c2c1COC(=O)c1c(ccc(C(O)CC(C)C)c1OC)O2. The van der Waals surface area contributed by atoms with Gasteiger partial charge in [-0.3, -0.25) is 0 Å². The van der Waals surface area contributed by atoms with Crippen LogP contribution in [0.3, 0.4) is 0 Å². The van der Waals surface area contributed by atoms with Crippen molar-refractivity contribution in [1.29, 1.82) is 0 Å². The molecule has 1 aliphatic rings. The molecule has 1 heterocycles. The number of carbonyl (C=O) groups is 1. The molecule has 0 aliphatic carbocycles. The minimum Gasteiger partial charge on any atom is -0.504 e. The third-order valence-corrected chi connectivity index (χ3v) is 4.99. The van der Waals surface area contributed by atoms with Crippen LogP contribution in [-0.4, -0.2) is 23.3 Å². The molecule has 1 aliphatic heterocycles. The highest BCUT2D eigenvalue weighted by molar-refractivity contribution is 5.97. The van der Waals surface area contributed by atoms with Gasteiger partial charge in [-0.25, -0.2) is 4.79 Å². The lowest BCUT2D eigenvalue weighted by Crippen LogP contribution is -2.15. The highest BCUT2D eigenvalue weighted by atomic mass is 16.5. The zero-order chi connectivity index (χ0) is 21.3. The molecule has 0 fully saturated rings. The van der Waals surface area contributed by atoms with Gasteiger partial charge in [0.15, 0.2) is 11.5 Å². The van der Waals surface area contributed by atoms with Crippen molar-refractivity contribution >= 4 is 12.0 Å². The monoisotopic (exact) mass is 398 g/mol. The number of carbonyl (C=O) groups excluding carboxylic acids is 1. The highest BCUT2D eigenvalue weighted by Crippen LogP contribution is 2.45. The molecule has 2 aromatic rings. The summed E-state index contributed by atoms with van der Waals surface area (Å²) in [4.78, 5) is 12.9. The quantitative estimate of drug-likeness (QED) is 0.697. The Hall–Kier alpha value is -2.99. The predicted octanol–water partition coefficient (Wildman–Crippen LogP) is 4.89. The third-order valence-electron chi connectivity index (χ3n) is 4.99. The lowest BCUT2D eigenvalue weighted by molar-refractivity contribution is 0.0453. The molecule has 0 amide bonds. The molecular formula is C23H26O6. The van der Waals surface area contributed by atoms with Crippen LogP contribution in [0.25, 0.3) is 6.08 Å². The van der Waals surface area contributed by atoms with E-state index in [-0.39, 0.29) is 41.1 Å². The standard InChI is InChI=1S/C23H26O6/c1-6-14-13(4)10-18(25)21-16(14)11-28-23(26)20-19(29-21)8-7-15(22(20)27-5)17(24)9-12(2)3/h6-8,10,12,17,24-25H,1,9,11H2,2-5H3. The largest absolute Gasteiger partial charge is 0.504 e. The van der Waals surface area contributed by atoms with Crippen LogP contribution in [0, 0.1) is 12.8 Å². The first-order chi connectivity index (χ1) is 13.8. The minimum absolute atomic E-state index is 0.0603. The second kappa shape index (κ2) is 8.17. The summed E-state index contributed by atoms with van der Waals surface area (Å²) in [6.45, 7) is 9.54. The number of fused-ring (bicyclic) bond motifs is 2. The molecule has 0 bridgehead atoms. The molecule has 0 saturated heterocycles. The Morgan fingerprint density at radius 1 is 1.34 bits per heavy atom. The Morgan fingerprint density at radius 3 is 2.69 bits per heavy atom. The van der Waals surface area contributed by atoms with Gasteiger partial charge >= 0.3 is 5.97 Å². The van der Waals surface area contributed by atoms with E-state index in [1.807, 2.05) is 20.8 Å². The van der Waals surface area contributed by atoms with Gasteiger partial charge in [0.1, 0.15) is 23.7 Å². The highest BCUT2D eigenvalue weighted by Gasteiger charge is 2.30. The van der Waals surface area contributed by atoms with Gasteiger partial charge in [0.25, 0.3) is 0 Å². The van der Waals surface area contributed by atoms with Crippen molar-refractivity contribution in [3.05, 3.63) is 52.6 Å². The average molecular weight is 398 g/mol. The lowest BCUT2D eigenvalue weighted by atomic mass is 9.96. The second-order valence-corrected chi connectivity index (χ2v) is 7.52. The zero-order valence-corrected chi connectivity index (χ0v) is 17.1. The summed E-state index contributed by atoms with van der Waals surface area (Å²) in [5.74, 6) is 0.162. The van der Waals surface area contributed by atoms with Crippen molar-refractivity contribution in [3.8, 4) is 23.0 Å². The fraction of sp³-hybridized carbons (Fsp3) is 0.348. The number of aromatic hydroxyl groups is 1. The number of aliphatic hydroxyl groups is 1. The summed E-state index contributed by atoms with van der Waals surface area (Å²) >= 11 is 0. The van der Waals surface area contributed by atoms with E-state index in [1.54, 1.807) is 24.3 Å². The average Bonchev–Trinajstić information content (AvgIpc) is 2.65. The van der Waals surface area contributed by atoms with Gasteiger partial charge < -0.3 is 24.4 Å². The van der Waals surface area contributed by atoms with Crippen LogP contribution in [-0.2, 0) is 11.3 Å². The number of aryl methyl sites for hydroxylation is 1. The molecule has 2 aromatic carbocycles. The third kappa shape index (κ3) is 3.80. The first-order valence-electron chi connectivity index (χ1n) is 9.50. The molecule has 1 atom stereocenters. The van der Waals surface area contributed by atoms with E-state index >= 15 is 0 Å². The van der Waals surface area contributed by atoms with E-state index in [1.165, 1.54) is 7.11 Å². The van der Waals surface area contributed by atoms with Crippen LogP contribution in [0.4, 0.5) is 0 Å². The number of cyclic esters (lactones) is 1. The van der Waals surface area contributed by atoms with Crippen LogP contribution < -0.4 is 9.47 Å². The summed E-state index contributed by atoms with van der Waals surface area (Å²) in [5.41, 5.74) is 2.64. The first-order valence-corrected chi connectivity index (χ1v) is 9.50. The van der Waals surface area contributed by atoms with Crippen molar-refractivity contribution < 1.29 is 29.2 Å². The molecule has 0 radical (unpaired) electrons. The maximum Gasteiger partial charge on any atom is 0.346 e. The van der Waals surface area contributed by atoms with Crippen LogP contribution in [0.1, 0.15) is 59.0 Å². The van der Waals surface area contributed by atoms with Crippen LogP contribution in [0.2, 0.25) is 0 Å². The van der Waals surface area contributed by atoms with Gasteiger partial charge in [0, 0.05) is 11.1 Å². The Morgan fingerprint density at radius 2 is 2.07 bits per heavy atom. The topological polar surface area (TPSA) is 85.2 Å². The smallest absolute Gasteiger partial charge is 0.346 e. The van der Waals surface area contributed by atoms with Crippen molar-refractivity contribution in [3.63, 3.8) is 0 Å². The summed E-state index contributed by atoms with van der Waals surface area (Å²) < 4.78 is 17.0. The van der Waals surface area contributed by atoms with Gasteiger partial charge in [-0.1, -0.05) is 26.5 Å². The molecule has 3 rings (SSSR count). The van der Waals surface area contributed by atoms with Crippen molar-refractivity contribution in [1.82, 2.24) is 0 Å². The maximum atomic E-state index is 12.9. The van der Waals surface area contributed by atoms with Gasteiger partial charge in [-0.2, -0.15) is 0 Å². The number of ether oxygens (including phenoxy) is 3. The van der Waals surface area contributed by atoms with Gasteiger partial charge in [-0.05, 0) is 48.6 Å². The van der Waals surface area contributed by atoms with E-state index in [9.17, 15) is 15.0 Å². The Labute approximate surface area is 170 Å². The number of phenols is 1. The number of phenolic OH excluding ortho intramolecular Hbond substituents is 1. The van der Waals surface area contributed by atoms with E-state index < -0.39 is 12.1 Å². The van der Waals surface area contributed by atoms with Crippen molar-refractivity contribution in [2.24, 2.45) is 5.92 Å². The summed E-state index contributed by atoms with van der Waals surface area (Å²) in [6.07, 6.45) is 1.35. The zero-order valence-electron chi connectivity index (χ0n) is 17.1. The molecular weight excluding hydrogens is 372 g/mol. The maximum absolute atomic E-state index is 12.9. The minimum atomic E-state index is -0.802. The van der Waals surface area contributed by atoms with Gasteiger partial charge in [0.05, 0.1) is 13.2 Å². The number of hydrogen-bond donors (Lipinski definition) is 2. The van der Waals surface area contributed by atoms with Crippen LogP contribution in [0.15, 0.2) is 24.8 Å². The predicted molar refractivity (Wildman–Crippen MR) is 110 cm³/mol. The normalized spacial score (nSPS) is 14.1. The molecule has 1 unspecified atom stereocenters.